The number of nitro groups is 1. The van der Waals surface area contributed by atoms with Gasteiger partial charge in [-0.15, -0.1) is 0 Å². The van der Waals surface area contributed by atoms with Gasteiger partial charge in [-0.05, 0) is 12.1 Å². The molecule has 1 aliphatic rings. The van der Waals surface area contributed by atoms with Gasteiger partial charge in [0.15, 0.2) is 4.90 Å². The number of sulfonamides is 1. The first-order valence-corrected chi connectivity index (χ1v) is 7.50. The van der Waals surface area contributed by atoms with Gasteiger partial charge >= 0.3 is 5.69 Å². The Balaban J connectivity index is 2.49. The molecular weight excluding hydrogens is 305 g/mol. The van der Waals surface area contributed by atoms with Crippen molar-refractivity contribution in [3.8, 4) is 0 Å². The number of nitrogens with zero attached hydrogens (tertiary/aromatic N) is 2. The first-order chi connectivity index (χ1) is 9.76. The van der Waals surface area contributed by atoms with Crippen molar-refractivity contribution < 1.29 is 22.8 Å². The summed E-state index contributed by atoms with van der Waals surface area (Å²) in [6.45, 7) is 0.426. The third kappa shape index (κ3) is 2.75. The van der Waals surface area contributed by atoms with E-state index in [4.69, 9.17) is 0 Å². The number of nitro benzene ring substituents is 1. The Kier molecular flexibility index (Phi) is 4.23. The smallest absolute Gasteiger partial charge is 0.324 e. The van der Waals surface area contributed by atoms with Crippen LogP contribution in [0.3, 0.4) is 0 Å². The van der Waals surface area contributed by atoms with Gasteiger partial charge in [0.25, 0.3) is 0 Å². The van der Waals surface area contributed by atoms with Crippen molar-refractivity contribution in [2.75, 3.05) is 20.1 Å². The summed E-state index contributed by atoms with van der Waals surface area (Å²) in [5, 5.41) is 23.5. The lowest BCUT2D eigenvalue weighted by Crippen LogP contribution is -2.44. The molecule has 0 unspecified atom stereocenters. The van der Waals surface area contributed by atoms with Crippen LogP contribution in [-0.2, 0) is 10.0 Å². The van der Waals surface area contributed by atoms with Crippen molar-refractivity contribution in [1.29, 1.82) is 0 Å². The van der Waals surface area contributed by atoms with Crippen molar-refractivity contribution in [2.24, 2.45) is 0 Å². The van der Waals surface area contributed by atoms with E-state index < -0.39 is 43.5 Å². The molecular formula is C11H14FN3O5S. The highest BCUT2D eigenvalue weighted by atomic mass is 32.2. The topological polar surface area (TPSA) is 113 Å². The average Bonchev–Trinajstić information content (AvgIpc) is 2.83. The van der Waals surface area contributed by atoms with Crippen molar-refractivity contribution in [1.82, 2.24) is 9.62 Å². The van der Waals surface area contributed by atoms with Gasteiger partial charge in [0.2, 0.25) is 15.8 Å². The maximum atomic E-state index is 13.6. The molecule has 21 heavy (non-hydrogen) atoms. The number of aliphatic hydroxyl groups is 1. The van der Waals surface area contributed by atoms with Gasteiger partial charge in [0.1, 0.15) is 0 Å². The van der Waals surface area contributed by atoms with Gasteiger partial charge in [-0.1, -0.05) is 6.07 Å². The Morgan fingerprint density at radius 2 is 2.14 bits per heavy atom. The highest BCUT2D eigenvalue weighted by Crippen LogP contribution is 2.30. The van der Waals surface area contributed by atoms with Crippen molar-refractivity contribution >= 4 is 15.7 Å². The Morgan fingerprint density at radius 1 is 1.48 bits per heavy atom. The molecule has 2 atom stereocenters. The summed E-state index contributed by atoms with van der Waals surface area (Å²) < 4.78 is 39.3. The van der Waals surface area contributed by atoms with E-state index in [1.807, 2.05) is 0 Å². The Morgan fingerprint density at radius 3 is 2.67 bits per heavy atom. The second-order valence-corrected chi connectivity index (χ2v) is 6.62. The predicted molar refractivity (Wildman–Crippen MR) is 70.7 cm³/mol. The number of rotatable bonds is 4. The molecule has 0 aliphatic carbocycles. The fourth-order valence-electron chi connectivity index (χ4n) is 2.24. The van der Waals surface area contributed by atoms with Crippen LogP contribution < -0.4 is 5.32 Å². The number of aliphatic hydroxyl groups excluding tert-OH is 1. The predicted octanol–water partition coefficient (Wildman–Crippen LogP) is -0.313. The quantitative estimate of drug-likeness (QED) is 0.581. The standard InChI is InChI=1S/C11H14FN3O5S/c1-14(8-5-13-6-9(8)16)21(19,20)10-4-2-3-7(12)11(10)15(17)18/h2-4,8-9,13,16H,5-6H2,1H3/t8-,9-/m0/s1. The monoisotopic (exact) mass is 319 g/mol. The molecule has 2 N–H and O–H groups in total. The third-order valence-corrected chi connectivity index (χ3v) is 5.32. The molecule has 1 saturated heterocycles. The second-order valence-electron chi connectivity index (χ2n) is 4.66. The van der Waals surface area contributed by atoms with Crippen molar-refractivity contribution in [3.63, 3.8) is 0 Å². The Labute approximate surface area is 120 Å². The van der Waals surface area contributed by atoms with Gasteiger partial charge in [-0.25, -0.2) is 8.42 Å². The molecule has 0 radical (unpaired) electrons. The van der Waals surface area contributed by atoms with Crippen LogP contribution in [0.5, 0.6) is 0 Å². The molecule has 1 fully saturated rings. The van der Waals surface area contributed by atoms with Gasteiger partial charge < -0.3 is 10.4 Å². The summed E-state index contributed by atoms with van der Waals surface area (Å²) in [5.74, 6) is -1.22. The number of hydrogen-bond donors (Lipinski definition) is 2. The SMILES string of the molecule is CN([C@H]1CNC[C@@H]1O)S(=O)(=O)c1cccc(F)c1[N+](=O)[O-]. The maximum Gasteiger partial charge on any atom is 0.324 e. The summed E-state index contributed by atoms with van der Waals surface area (Å²) in [6, 6.07) is 2.12. The first-order valence-electron chi connectivity index (χ1n) is 6.06. The number of likely N-dealkylation sites (N-methyl/N-ethyl adjacent to an activating group) is 1. The van der Waals surface area contributed by atoms with Gasteiger partial charge in [-0.3, -0.25) is 10.1 Å². The van der Waals surface area contributed by atoms with Crippen molar-refractivity contribution in [2.45, 2.75) is 17.0 Å². The van der Waals surface area contributed by atoms with Crippen LogP contribution in [0.25, 0.3) is 0 Å². The van der Waals surface area contributed by atoms with E-state index in [1.165, 1.54) is 7.05 Å². The number of benzene rings is 1. The second kappa shape index (κ2) is 5.64. The largest absolute Gasteiger partial charge is 0.390 e. The van der Waals surface area contributed by atoms with Crippen LogP contribution in [-0.4, -0.2) is 55.0 Å². The first kappa shape index (κ1) is 15.8. The minimum atomic E-state index is -4.30. The lowest BCUT2D eigenvalue weighted by Gasteiger charge is -2.25. The average molecular weight is 319 g/mol. The van der Waals surface area contributed by atoms with E-state index in [9.17, 15) is 28.0 Å². The van der Waals surface area contributed by atoms with Crippen LogP contribution in [0.1, 0.15) is 0 Å². The van der Waals surface area contributed by atoms with E-state index in [-0.39, 0.29) is 13.1 Å². The Hall–Kier alpha value is -1.62. The molecule has 0 bridgehead atoms. The molecule has 1 heterocycles. The molecule has 1 aromatic carbocycles. The molecule has 10 heteroatoms. The van der Waals surface area contributed by atoms with E-state index in [0.717, 1.165) is 22.5 Å². The van der Waals surface area contributed by atoms with Crippen LogP contribution in [0.2, 0.25) is 0 Å². The summed E-state index contributed by atoms with van der Waals surface area (Å²) in [5.41, 5.74) is -1.09. The number of β-amino-alcohol motifs (C(OH)–C–C–N with tert-alkyl or cyclic N) is 1. The van der Waals surface area contributed by atoms with Gasteiger partial charge in [0, 0.05) is 20.1 Å². The molecule has 2 rings (SSSR count). The molecule has 0 aromatic heterocycles. The van der Waals surface area contributed by atoms with Crippen LogP contribution in [0.4, 0.5) is 10.1 Å². The lowest BCUT2D eigenvalue weighted by molar-refractivity contribution is -0.390. The summed E-state index contributed by atoms with van der Waals surface area (Å²) in [6.07, 6.45) is -0.933. The zero-order chi connectivity index (χ0) is 15.8. The molecule has 8 nitrogen and oxygen atoms in total. The molecule has 1 aliphatic heterocycles. The molecule has 0 spiro atoms. The van der Waals surface area contributed by atoms with E-state index in [1.54, 1.807) is 0 Å². The fraction of sp³-hybridized carbons (Fsp3) is 0.455. The zero-order valence-corrected chi connectivity index (χ0v) is 11.9. The summed E-state index contributed by atoms with van der Waals surface area (Å²) in [4.78, 5) is 9.12. The molecule has 1 aromatic rings. The number of nitrogens with one attached hydrogen (secondary N) is 1. The van der Waals surface area contributed by atoms with Crippen molar-refractivity contribution in [3.05, 3.63) is 34.1 Å². The molecule has 0 amide bonds. The van der Waals surface area contributed by atoms with E-state index in [2.05, 4.69) is 5.32 Å². The minimum absolute atomic E-state index is 0.208. The van der Waals surface area contributed by atoms with E-state index in [0.29, 0.717) is 0 Å². The van der Waals surface area contributed by atoms with Crippen LogP contribution >= 0.6 is 0 Å². The highest BCUT2D eigenvalue weighted by molar-refractivity contribution is 7.89. The van der Waals surface area contributed by atoms with Crippen LogP contribution in [0, 0.1) is 15.9 Å². The molecule has 0 saturated carbocycles. The van der Waals surface area contributed by atoms with E-state index >= 15 is 0 Å². The Bertz CT molecular complexity index is 666. The summed E-state index contributed by atoms with van der Waals surface area (Å²) >= 11 is 0. The highest BCUT2D eigenvalue weighted by Gasteiger charge is 2.39. The zero-order valence-electron chi connectivity index (χ0n) is 11.1. The number of hydrogen-bond acceptors (Lipinski definition) is 6. The maximum absolute atomic E-state index is 13.6. The number of halogens is 1. The summed E-state index contributed by atoms with van der Waals surface area (Å²) in [7, 11) is -3.10. The normalized spacial score (nSPS) is 22.7. The fourth-order valence-corrected chi connectivity index (χ4v) is 3.79. The van der Waals surface area contributed by atoms with Gasteiger partial charge in [0.05, 0.1) is 17.1 Å². The third-order valence-electron chi connectivity index (χ3n) is 3.41. The van der Waals surface area contributed by atoms with Gasteiger partial charge in [-0.2, -0.15) is 8.70 Å². The molecule has 116 valence electrons. The van der Waals surface area contributed by atoms with Crippen LogP contribution in [0.15, 0.2) is 23.1 Å². The number of para-hydroxylation sites is 1. The lowest BCUT2D eigenvalue weighted by atomic mass is 10.2. The minimum Gasteiger partial charge on any atom is -0.390 e.